The number of benzene rings is 2. The molecule has 0 spiro atoms. The smallest absolute Gasteiger partial charge is 0.278 e. The van der Waals surface area contributed by atoms with Crippen molar-refractivity contribution in [3.8, 4) is 0 Å². The molecular formula is C24H24Cl2N2O2. The minimum Gasteiger partial charge on any atom is -0.366 e. The first-order valence-corrected chi connectivity index (χ1v) is 11.0. The Kier molecular flexibility index (Phi) is 5.90. The van der Waals surface area contributed by atoms with Crippen LogP contribution in [0, 0.1) is 11.8 Å². The minimum absolute atomic E-state index is 0.150. The fourth-order valence-electron chi connectivity index (χ4n) is 4.52. The van der Waals surface area contributed by atoms with E-state index in [1.807, 2.05) is 18.2 Å². The Balaban J connectivity index is 1.76. The molecule has 4 rings (SSSR count). The van der Waals surface area contributed by atoms with Crippen LogP contribution in [0.4, 0.5) is 0 Å². The van der Waals surface area contributed by atoms with Gasteiger partial charge in [-0.05, 0) is 47.6 Å². The number of likely N-dealkylation sites (tertiary alicyclic amines) is 1. The largest absolute Gasteiger partial charge is 0.366 e. The van der Waals surface area contributed by atoms with E-state index in [0.29, 0.717) is 38.7 Å². The molecule has 1 saturated heterocycles. The van der Waals surface area contributed by atoms with Gasteiger partial charge in [0, 0.05) is 23.1 Å². The molecule has 0 radical (unpaired) electrons. The van der Waals surface area contributed by atoms with Crippen molar-refractivity contribution in [2.75, 3.05) is 13.1 Å². The lowest BCUT2D eigenvalue weighted by Crippen LogP contribution is -2.41. The molecule has 2 atom stereocenters. The lowest BCUT2D eigenvalue weighted by atomic mass is 9.91. The van der Waals surface area contributed by atoms with Gasteiger partial charge in [0.1, 0.15) is 5.70 Å². The molecule has 0 aromatic heterocycles. The van der Waals surface area contributed by atoms with Gasteiger partial charge in [-0.3, -0.25) is 14.5 Å². The SMILES string of the molecule is CC1CC(C)CN(C2=C(c3ccc(Cl)cc3)C(=O)N(Cc3ccccc3Cl)C2=O)C1. The number of hydrogen-bond donors (Lipinski definition) is 0. The maximum Gasteiger partial charge on any atom is 0.278 e. The molecule has 0 aliphatic carbocycles. The predicted molar refractivity (Wildman–Crippen MR) is 120 cm³/mol. The maximum atomic E-state index is 13.5. The molecule has 1 fully saturated rings. The van der Waals surface area contributed by atoms with Gasteiger partial charge in [0.2, 0.25) is 0 Å². The van der Waals surface area contributed by atoms with Gasteiger partial charge in [-0.2, -0.15) is 0 Å². The lowest BCUT2D eigenvalue weighted by Gasteiger charge is -2.37. The van der Waals surface area contributed by atoms with E-state index >= 15 is 0 Å². The zero-order valence-electron chi connectivity index (χ0n) is 17.1. The molecule has 2 aromatic carbocycles. The normalized spacial score (nSPS) is 22.3. The van der Waals surface area contributed by atoms with Crippen LogP contribution < -0.4 is 0 Å². The average molecular weight is 443 g/mol. The van der Waals surface area contributed by atoms with Gasteiger partial charge >= 0.3 is 0 Å². The van der Waals surface area contributed by atoms with E-state index in [-0.39, 0.29) is 18.4 Å². The summed E-state index contributed by atoms with van der Waals surface area (Å²) in [5, 5.41) is 1.13. The Hall–Kier alpha value is -2.30. The van der Waals surface area contributed by atoms with Crippen molar-refractivity contribution in [1.29, 1.82) is 0 Å². The zero-order chi connectivity index (χ0) is 21.4. The van der Waals surface area contributed by atoms with Crippen LogP contribution in [-0.4, -0.2) is 34.7 Å². The topological polar surface area (TPSA) is 40.6 Å². The molecular weight excluding hydrogens is 419 g/mol. The number of carbonyl (C=O) groups excluding carboxylic acids is 2. The number of amides is 2. The van der Waals surface area contributed by atoms with E-state index in [4.69, 9.17) is 23.2 Å². The number of halogens is 2. The van der Waals surface area contributed by atoms with Crippen LogP contribution in [0.5, 0.6) is 0 Å². The summed E-state index contributed by atoms with van der Waals surface area (Å²) in [4.78, 5) is 30.4. The summed E-state index contributed by atoms with van der Waals surface area (Å²) >= 11 is 12.4. The van der Waals surface area contributed by atoms with Gasteiger partial charge in [0.15, 0.2) is 0 Å². The summed E-state index contributed by atoms with van der Waals surface area (Å²) in [6.45, 7) is 6.05. The fraction of sp³-hybridized carbons (Fsp3) is 0.333. The van der Waals surface area contributed by atoms with E-state index < -0.39 is 0 Å². The van der Waals surface area contributed by atoms with Gasteiger partial charge in [-0.25, -0.2) is 0 Å². The molecule has 6 heteroatoms. The monoisotopic (exact) mass is 442 g/mol. The Bertz CT molecular complexity index is 1010. The highest BCUT2D eigenvalue weighted by molar-refractivity contribution is 6.36. The van der Waals surface area contributed by atoms with Gasteiger partial charge in [-0.15, -0.1) is 0 Å². The first kappa shape index (κ1) is 21.0. The molecule has 2 aliphatic rings. The van der Waals surface area contributed by atoms with Crippen LogP contribution in [0.15, 0.2) is 54.2 Å². The highest BCUT2D eigenvalue weighted by atomic mass is 35.5. The number of rotatable bonds is 4. The molecule has 4 nitrogen and oxygen atoms in total. The van der Waals surface area contributed by atoms with E-state index in [9.17, 15) is 9.59 Å². The summed E-state index contributed by atoms with van der Waals surface area (Å²) < 4.78 is 0. The van der Waals surface area contributed by atoms with Crippen LogP contribution >= 0.6 is 23.2 Å². The Morgan fingerprint density at radius 3 is 2.17 bits per heavy atom. The first-order chi connectivity index (χ1) is 14.3. The highest BCUT2D eigenvalue weighted by Gasteiger charge is 2.43. The van der Waals surface area contributed by atoms with Crippen LogP contribution in [-0.2, 0) is 16.1 Å². The van der Waals surface area contributed by atoms with Crippen molar-refractivity contribution in [1.82, 2.24) is 9.80 Å². The number of piperidine rings is 1. The molecule has 2 heterocycles. The quantitative estimate of drug-likeness (QED) is 0.606. The molecule has 0 bridgehead atoms. The second kappa shape index (κ2) is 8.44. The summed E-state index contributed by atoms with van der Waals surface area (Å²) in [6.07, 6.45) is 1.12. The van der Waals surface area contributed by atoms with E-state index in [0.717, 1.165) is 25.1 Å². The Labute approximate surface area is 187 Å². The van der Waals surface area contributed by atoms with Crippen molar-refractivity contribution < 1.29 is 9.59 Å². The summed E-state index contributed by atoms with van der Waals surface area (Å²) in [6, 6.07) is 14.4. The number of nitrogens with zero attached hydrogens (tertiary/aromatic N) is 2. The number of imide groups is 1. The molecule has 30 heavy (non-hydrogen) atoms. The van der Waals surface area contributed by atoms with Crippen molar-refractivity contribution in [2.45, 2.75) is 26.8 Å². The van der Waals surface area contributed by atoms with Crippen LogP contribution in [0.1, 0.15) is 31.4 Å². The first-order valence-electron chi connectivity index (χ1n) is 10.2. The summed E-state index contributed by atoms with van der Waals surface area (Å²) in [5.41, 5.74) is 2.40. The van der Waals surface area contributed by atoms with E-state index in [1.54, 1.807) is 30.3 Å². The van der Waals surface area contributed by atoms with Crippen molar-refractivity contribution in [3.05, 3.63) is 75.4 Å². The third-order valence-corrected chi connectivity index (χ3v) is 6.37. The van der Waals surface area contributed by atoms with Crippen molar-refractivity contribution in [3.63, 3.8) is 0 Å². The van der Waals surface area contributed by atoms with Crippen LogP contribution in [0.3, 0.4) is 0 Å². The van der Waals surface area contributed by atoms with Gasteiger partial charge < -0.3 is 4.90 Å². The van der Waals surface area contributed by atoms with Gasteiger partial charge in [0.05, 0.1) is 12.1 Å². The third-order valence-electron chi connectivity index (χ3n) is 5.75. The molecule has 156 valence electrons. The molecule has 2 aromatic rings. The molecule has 2 unspecified atom stereocenters. The minimum atomic E-state index is -0.289. The van der Waals surface area contributed by atoms with Gasteiger partial charge in [-0.1, -0.05) is 67.4 Å². The van der Waals surface area contributed by atoms with Crippen LogP contribution in [0.25, 0.3) is 5.57 Å². The van der Waals surface area contributed by atoms with Crippen molar-refractivity contribution in [2.24, 2.45) is 11.8 Å². The number of carbonyl (C=O) groups is 2. The lowest BCUT2D eigenvalue weighted by molar-refractivity contribution is -0.138. The molecule has 0 N–H and O–H groups in total. The number of hydrogen-bond acceptors (Lipinski definition) is 3. The highest BCUT2D eigenvalue weighted by Crippen LogP contribution is 2.36. The second-order valence-electron chi connectivity index (χ2n) is 8.37. The van der Waals surface area contributed by atoms with Gasteiger partial charge in [0.25, 0.3) is 11.8 Å². The fourth-order valence-corrected chi connectivity index (χ4v) is 4.84. The average Bonchev–Trinajstić information content (AvgIpc) is 2.94. The predicted octanol–water partition coefficient (Wildman–Crippen LogP) is 5.25. The molecule has 2 aliphatic heterocycles. The standard InChI is InChI=1S/C24H24Cl2N2O2/c1-15-11-16(2)13-27(12-15)22-21(17-7-9-19(25)10-8-17)23(29)28(24(22)30)14-18-5-3-4-6-20(18)26/h3-10,15-16H,11-14H2,1-2H3. The van der Waals surface area contributed by atoms with Crippen molar-refractivity contribution >= 4 is 40.6 Å². The maximum absolute atomic E-state index is 13.5. The third kappa shape index (κ3) is 3.99. The summed E-state index contributed by atoms with van der Waals surface area (Å²) in [5.74, 6) is 0.357. The van der Waals surface area contributed by atoms with E-state index in [1.165, 1.54) is 4.90 Å². The van der Waals surface area contributed by atoms with Crippen LogP contribution in [0.2, 0.25) is 10.0 Å². The molecule has 2 amide bonds. The van der Waals surface area contributed by atoms with E-state index in [2.05, 4.69) is 18.7 Å². The Morgan fingerprint density at radius 2 is 1.53 bits per heavy atom. The Morgan fingerprint density at radius 1 is 0.900 bits per heavy atom. The summed E-state index contributed by atoms with van der Waals surface area (Å²) in [7, 11) is 0. The second-order valence-corrected chi connectivity index (χ2v) is 9.21. The molecule has 0 saturated carbocycles. The zero-order valence-corrected chi connectivity index (χ0v) is 18.6.